The Kier molecular flexibility index (Phi) is 8.00. The van der Waals surface area contributed by atoms with E-state index in [-0.39, 0.29) is 35.9 Å². The summed E-state index contributed by atoms with van der Waals surface area (Å²) in [6.07, 6.45) is 6.00. The number of amides is 5. The summed E-state index contributed by atoms with van der Waals surface area (Å²) in [7, 11) is 0. The number of hydrogen-bond donors (Lipinski definition) is 3. The number of nitrogens with one attached hydrogen (secondary N) is 3. The smallest absolute Gasteiger partial charge is 0.344 e. The average Bonchev–Trinajstić information content (AvgIpc) is 3.08. The van der Waals surface area contributed by atoms with Gasteiger partial charge in [0.2, 0.25) is 11.8 Å². The number of piperidine rings is 1. The van der Waals surface area contributed by atoms with E-state index in [4.69, 9.17) is 0 Å². The summed E-state index contributed by atoms with van der Waals surface area (Å²) in [6, 6.07) is 5.99. The summed E-state index contributed by atoms with van der Waals surface area (Å²) >= 11 is 0. The maximum atomic E-state index is 13.7. The highest BCUT2D eigenvalue weighted by Crippen LogP contribution is 2.33. The summed E-state index contributed by atoms with van der Waals surface area (Å²) in [6.45, 7) is 2.25. The van der Waals surface area contributed by atoms with Gasteiger partial charge in [0.15, 0.2) is 0 Å². The molecule has 1 aromatic rings. The van der Waals surface area contributed by atoms with Crippen LogP contribution in [0, 0.1) is 11.7 Å². The quantitative estimate of drug-likeness (QED) is 0.485. The molecule has 1 saturated carbocycles. The minimum absolute atomic E-state index is 0.0195. The summed E-state index contributed by atoms with van der Waals surface area (Å²) < 4.78 is 13.7. The van der Waals surface area contributed by atoms with Crippen LogP contribution in [0.2, 0.25) is 0 Å². The Morgan fingerprint density at radius 2 is 1.80 bits per heavy atom. The highest BCUT2D eigenvalue weighted by Gasteiger charge is 2.52. The van der Waals surface area contributed by atoms with Crippen molar-refractivity contribution in [3.63, 3.8) is 0 Å². The SMILES string of the molecule is O=C(CCN1CCC(C(=O)NCCc2ccccc2F)CC1)NN1C(=O)NC2(CCCCC2)C1=O. The van der Waals surface area contributed by atoms with Gasteiger partial charge < -0.3 is 15.5 Å². The zero-order chi connectivity index (χ0) is 24.8. The number of hydrazine groups is 1. The molecule has 2 heterocycles. The number of hydrogen-bond acceptors (Lipinski definition) is 5. The molecule has 0 aromatic heterocycles. The van der Waals surface area contributed by atoms with Crippen LogP contribution in [0.4, 0.5) is 9.18 Å². The fourth-order valence-corrected chi connectivity index (χ4v) is 5.24. The molecule has 9 nitrogen and oxygen atoms in total. The Balaban J connectivity index is 1.14. The minimum Gasteiger partial charge on any atom is -0.356 e. The van der Waals surface area contributed by atoms with Crippen LogP contribution < -0.4 is 16.1 Å². The summed E-state index contributed by atoms with van der Waals surface area (Å²) in [5, 5.41) is 6.52. The van der Waals surface area contributed by atoms with Gasteiger partial charge in [0.25, 0.3) is 5.91 Å². The Morgan fingerprint density at radius 1 is 1.09 bits per heavy atom. The van der Waals surface area contributed by atoms with Crippen molar-refractivity contribution in [3.05, 3.63) is 35.6 Å². The third kappa shape index (κ3) is 5.98. The normalized spacial score (nSPS) is 20.7. The molecule has 4 rings (SSSR count). The van der Waals surface area contributed by atoms with Crippen molar-refractivity contribution < 1.29 is 23.6 Å². The van der Waals surface area contributed by atoms with Crippen molar-refractivity contribution in [1.82, 2.24) is 26.0 Å². The van der Waals surface area contributed by atoms with E-state index in [1.807, 2.05) is 0 Å². The lowest BCUT2D eigenvalue weighted by molar-refractivity contribution is -0.140. The lowest BCUT2D eigenvalue weighted by atomic mass is 9.82. The maximum absolute atomic E-state index is 13.7. The highest BCUT2D eigenvalue weighted by atomic mass is 19.1. The van der Waals surface area contributed by atoms with Gasteiger partial charge in [-0.05, 0) is 56.8 Å². The molecule has 1 aliphatic carbocycles. The lowest BCUT2D eigenvalue weighted by Crippen LogP contribution is -2.51. The van der Waals surface area contributed by atoms with E-state index in [1.54, 1.807) is 18.2 Å². The molecule has 1 spiro atoms. The number of benzene rings is 1. The second-order valence-corrected chi connectivity index (χ2v) is 9.75. The molecule has 0 unspecified atom stereocenters. The topological polar surface area (TPSA) is 111 Å². The van der Waals surface area contributed by atoms with Crippen molar-refractivity contribution in [1.29, 1.82) is 0 Å². The monoisotopic (exact) mass is 487 g/mol. The number of halogens is 1. The molecule has 0 atom stereocenters. The van der Waals surface area contributed by atoms with Crippen molar-refractivity contribution in [2.45, 2.75) is 63.3 Å². The van der Waals surface area contributed by atoms with Crippen LogP contribution in [0.1, 0.15) is 56.9 Å². The number of nitrogens with zero attached hydrogens (tertiary/aromatic N) is 2. The zero-order valence-electron chi connectivity index (χ0n) is 20.0. The largest absolute Gasteiger partial charge is 0.356 e. The van der Waals surface area contributed by atoms with E-state index in [0.717, 1.165) is 24.3 Å². The number of imide groups is 1. The molecule has 1 aromatic carbocycles. The van der Waals surface area contributed by atoms with E-state index >= 15 is 0 Å². The van der Waals surface area contributed by atoms with E-state index in [9.17, 15) is 23.6 Å². The Morgan fingerprint density at radius 3 is 2.51 bits per heavy atom. The van der Waals surface area contributed by atoms with E-state index in [2.05, 4.69) is 21.0 Å². The van der Waals surface area contributed by atoms with Crippen LogP contribution in [-0.2, 0) is 20.8 Å². The fourth-order valence-electron chi connectivity index (χ4n) is 5.24. The molecule has 3 fully saturated rings. The minimum atomic E-state index is -0.861. The first-order valence-electron chi connectivity index (χ1n) is 12.6. The molecular weight excluding hydrogens is 453 g/mol. The van der Waals surface area contributed by atoms with Gasteiger partial charge in [-0.3, -0.25) is 19.8 Å². The number of carbonyl (C=O) groups is 4. The average molecular weight is 488 g/mol. The van der Waals surface area contributed by atoms with Gasteiger partial charge in [0.05, 0.1) is 0 Å². The van der Waals surface area contributed by atoms with Crippen LogP contribution in [0.3, 0.4) is 0 Å². The molecule has 2 aliphatic heterocycles. The molecule has 10 heteroatoms. The second kappa shape index (κ2) is 11.2. The van der Waals surface area contributed by atoms with Crippen LogP contribution in [0.25, 0.3) is 0 Å². The highest BCUT2D eigenvalue weighted by molar-refractivity contribution is 6.08. The van der Waals surface area contributed by atoms with Crippen LogP contribution in [0.15, 0.2) is 24.3 Å². The molecule has 3 aliphatic rings. The van der Waals surface area contributed by atoms with Gasteiger partial charge in [-0.2, -0.15) is 5.01 Å². The van der Waals surface area contributed by atoms with Crippen molar-refractivity contribution in [3.8, 4) is 0 Å². The number of carbonyl (C=O) groups excluding carboxylic acids is 4. The third-order valence-electron chi connectivity index (χ3n) is 7.37. The molecule has 190 valence electrons. The summed E-state index contributed by atoms with van der Waals surface area (Å²) in [5.41, 5.74) is 2.20. The predicted molar refractivity (Wildman–Crippen MR) is 126 cm³/mol. The lowest BCUT2D eigenvalue weighted by Gasteiger charge is -2.31. The van der Waals surface area contributed by atoms with Gasteiger partial charge in [0, 0.05) is 25.4 Å². The predicted octanol–water partition coefficient (Wildman–Crippen LogP) is 1.87. The number of rotatable bonds is 8. The molecule has 35 heavy (non-hydrogen) atoms. The number of likely N-dealkylation sites (tertiary alicyclic amines) is 1. The fraction of sp³-hybridized carbons (Fsp3) is 0.600. The first kappa shape index (κ1) is 25.1. The van der Waals surface area contributed by atoms with Gasteiger partial charge in [0.1, 0.15) is 11.4 Å². The standard InChI is InChI=1S/C25H34FN5O4/c26-20-7-3-2-6-18(20)8-14-27-22(33)19-9-15-30(16-10-19)17-11-21(32)29-31-23(34)25(28-24(31)35)12-4-1-5-13-25/h2-3,6-7,19H,1,4-5,8-17H2,(H,27,33)(H,28,35)(H,29,32). The summed E-state index contributed by atoms with van der Waals surface area (Å²) in [4.78, 5) is 52.1. The van der Waals surface area contributed by atoms with Gasteiger partial charge in [-0.25, -0.2) is 9.18 Å². The molecular formula is C25H34FN5O4. The van der Waals surface area contributed by atoms with E-state index < -0.39 is 11.6 Å². The molecule has 0 radical (unpaired) electrons. The van der Waals surface area contributed by atoms with Gasteiger partial charge >= 0.3 is 6.03 Å². The van der Waals surface area contributed by atoms with Gasteiger partial charge in [-0.1, -0.05) is 37.5 Å². The maximum Gasteiger partial charge on any atom is 0.344 e. The van der Waals surface area contributed by atoms with E-state index in [0.29, 0.717) is 63.8 Å². The first-order chi connectivity index (χ1) is 16.9. The third-order valence-corrected chi connectivity index (χ3v) is 7.37. The first-order valence-corrected chi connectivity index (χ1v) is 12.6. The molecule has 5 amide bonds. The second-order valence-electron chi connectivity index (χ2n) is 9.75. The van der Waals surface area contributed by atoms with Crippen LogP contribution >= 0.6 is 0 Å². The molecule has 2 saturated heterocycles. The van der Waals surface area contributed by atoms with Crippen molar-refractivity contribution in [2.75, 3.05) is 26.2 Å². The van der Waals surface area contributed by atoms with Crippen LogP contribution in [0.5, 0.6) is 0 Å². The van der Waals surface area contributed by atoms with Crippen molar-refractivity contribution in [2.24, 2.45) is 5.92 Å². The Hall–Kier alpha value is -3.01. The van der Waals surface area contributed by atoms with Crippen LogP contribution in [-0.4, -0.2) is 65.4 Å². The Bertz CT molecular complexity index is 957. The van der Waals surface area contributed by atoms with E-state index in [1.165, 1.54) is 6.07 Å². The molecule has 3 N–H and O–H groups in total. The zero-order valence-corrected chi connectivity index (χ0v) is 20.0. The molecule has 0 bridgehead atoms. The summed E-state index contributed by atoms with van der Waals surface area (Å²) in [5.74, 6) is -1.12. The van der Waals surface area contributed by atoms with Crippen molar-refractivity contribution >= 4 is 23.8 Å². The number of urea groups is 1. The van der Waals surface area contributed by atoms with Gasteiger partial charge in [-0.15, -0.1) is 0 Å². The Labute approximate surface area is 204 Å².